The molecule has 3 aromatic rings. The number of nitrogens with one attached hydrogen (secondary N) is 1. The first-order valence-corrected chi connectivity index (χ1v) is 9.97. The Morgan fingerprint density at radius 2 is 1.51 bits per heavy atom. The molecule has 35 heavy (non-hydrogen) atoms. The molecule has 0 saturated heterocycles. The Morgan fingerprint density at radius 3 is 2.09 bits per heavy atom. The van der Waals surface area contributed by atoms with Crippen molar-refractivity contribution in [2.75, 3.05) is 14.1 Å². The van der Waals surface area contributed by atoms with Crippen LogP contribution in [0.1, 0.15) is 33.2 Å². The summed E-state index contributed by atoms with van der Waals surface area (Å²) < 4.78 is 78.2. The van der Waals surface area contributed by atoms with Gasteiger partial charge >= 0.3 is 12.4 Å². The van der Waals surface area contributed by atoms with E-state index in [1.165, 1.54) is 32.4 Å². The summed E-state index contributed by atoms with van der Waals surface area (Å²) in [6.45, 7) is 0. The van der Waals surface area contributed by atoms with Gasteiger partial charge in [0.15, 0.2) is 5.69 Å². The van der Waals surface area contributed by atoms with Crippen LogP contribution in [0.2, 0.25) is 0 Å². The van der Waals surface area contributed by atoms with E-state index in [1.54, 1.807) is 0 Å². The highest BCUT2D eigenvalue weighted by atomic mass is 19.4. The van der Waals surface area contributed by atoms with E-state index < -0.39 is 41.3 Å². The molecule has 0 fully saturated rings. The first kappa shape index (κ1) is 25.7. The summed E-state index contributed by atoms with van der Waals surface area (Å²) in [5.74, 6) is -1.66. The Balaban J connectivity index is 1.98. The number of carbonyl (C=O) groups is 2. The van der Waals surface area contributed by atoms with E-state index >= 15 is 0 Å². The second kappa shape index (κ2) is 9.72. The zero-order chi connectivity index (χ0) is 26.0. The molecule has 0 aliphatic rings. The average molecular weight is 496 g/mol. The summed E-state index contributed by atoms with van der Waals surface area (Å²) >= 11 is 0. The number of benzene rings is 2. The first-order valence-electron chi connectivity index (χ1n) is 9.97. The van der Waals surface area contributed by atoms with Gasteiger partial charge in [-0.15, -0.1) is 5.10 Å². The molecule has 0 bridgehead atoms. The molecule has 1 N–H and O–H groups in total. The van der Waals surface area contributed by atoms with Crippen molar-refractivity contribution in [1.29, 1.82) is 0 Å². The van der Waals surface area contributed by atoms with Crippen molar-refractivity contribution >= 4 is 11.8 Å². The van der Waals surface area contributed by atoms with Crippen LogP contribution < -0.4 is 5.32 Å². The maximum absolute atomic E-state index is 13.2. The van der Waals surface area contributed by atoms with Crippen molar-refractivity contribution in [2.45, 2.75) is 18.4 Å². The first-order chi connectivity index (χ1) is 16.3. The smallest absolute Gasteiger partial charge is 0.347 e. The van der Waals surface area contributed by atoms with Crippen molar-refractivity contribution in [3.63, 3.8) is 0 Å². The average Bonchev–Trinajstić information content (AvgIpc) is 2.81. The molecule has 0 spiro atoms. The van der Waals surface area contributed by atoms with Crippen LogP contribution in [-0.2, 0) is 17.1 Å². The summed E-state index contributed by atoms with van der Waals surface area (Å²) in [6, 6.07) is 7.74. The van der Waals surface area contributed by atoms with Crippen LogP contribution in [0.3, 0.4) is 0 Å². The van der Waals surface area contributed by atoms with Crippen LogP contribution in [0, 0.1) is 0 Å². The van der Waals surface area contributed by atoms with Gasteiger partial charge in [0, 0.05) is 19.7 Å². The second-order valence-corrected chi connectivity index (χ2v) is 7.63. The van der Waals surface area contributed by atoms with E-state index in [0.29, 0.717) is 0 Å². The van der Waals surface area contributed by atoms with E-state index in [2.05, 4.69) is 15.5 Å². The molecule has 2 amide bonds. The highest BCUT2D eigenvalue weighted by Crippen LogP contribution is 2.33. The van der Waals surface area contributed by atoms with Gasteiger partial charge in [-0.3, -0.25) is 9.59 Å². The maximum Gasteiger partial charge on any atom is 0.416 e. The van der Waals surface area contributed by atoms with Crippen LogP contribution >= 0.6 is 0 Å². The molecule has 0 unspecified atom stereocenters. The minimum atomic E-state index is -4.67. The third-order valence-electron chi connectivity index (χ3n) is 4.97. The van der Waals surface area contributed by atoms with Gasteiger partial charge < -0.3 is 10.2 Å². The van der Waals surface area contributed by atoms with Gasteiger partial charge in [0.25, 0.3) is 5.91 Å². The zero-order valence-electron chi connectivity index (χ0n) is 18.3. The number of hydrogen-bond donors (Lipinski definition) is 1. The second-order valence-electron chi connectivity index (χ2n) is 7.63. The van der Waals surface area contributed by atoms with Crippen molar-refractivity contribution in [1.82, 2.24) is 20.4 Å². The topological polar surface area (TPSA) is 75.2 Å². The molecule has 0 radical (unpaired) electrons. The highest BCUT2D eigenvalue weighted by molar-refractivity contribution is 6.01. The summed E-state index contributed by atoms with van der Waals surface area (Å²) in [5.41, 5.74) is -2.01. The number of likely N-dealkylation sites (N-methyl/N-ethyl adjacent to an activating group) is 1. The molecule has 3 rings (SSSR count). The normalized spacial score (nSPS) is 12.7. The van der Waals surface area contributed by atoms with Crippen LogP contribution in [0.4, 0.5) is 26.3 Å². The minimum Gasteiger partial charge on any atom is -0.347 e. The number of rotatable bonds is 5. The predicted molar refractivity (Wildman–Crippen MR) is 113 cm³/mol. The standard InChI is InChI=1S/C23H18F6N4O2/c1-33(2)21(35)18(14-4-3-5-16(12-14)23(27,28)29)31-20(34)19-17(10-11-30-32-19)13-6-8-15(9-7-13)22(24,25)26/h3-12,18H,1-2H3,(H,31,34)/t18-/m0/s1. The fraction of sp³-hybridized carbons (Fsp3) is 0.217. The summed E-state index contributed by atoms with van der Waals surface area (Å²) in [4.78, 5) is 26.9. The molecule has 1 aromatic heterocycles. The van der Waals surface area contributed by atoms with Gasteiger partial charge in [-0.2, -0.15) is 31.4 Å². The van der Waals surface area contributed by atoms with Gasteiger partial charge in [0.05, 0.1) is 17.3 Å². The predicted octanol–water partition coefficient (Wildman–Crippen LogP) is 4.74. The quantitative estimate of drug-likeness (QED) is 0.518. The molecule has 0 aliphatic heterocycles. The lowest BCUT2D eigenvalue weighted by Gasteiger charge is -2.23. The molecule has 6 nitrogen and oxygen atoms in total. The monoisotopic (exact) mass is 496 g/mol. The summed E-state index contributed by atoms with van der Waals surface area (Å²) in [6.07, 6.45) is -8.01. The number of aromatic nitrogens is 2. The zero-order valence-corrected chi connectivity index (χ0v) is 18.3. The molecular formula is C23H18F6N4O2. The van der Waals surface area contributed by atoms with E-state index in [4.69, 9.17) is 0 Å². The number of halogens is 6. The van der Waals surface area contributed by atoms with Crippen molar-refractivity contribution in [3.05, 3.63) is 83.2 Å². The van der Waals surface area contributed by atoms with Crippen LogP contribution in [-0.4, -0.2) is 41.0 Å². The third kappa shape index (κ3) is 5.94. The molecule has 1 atom stereocenters. The Labute approximate surface area is 195 Å². The Bertz CT molecular complexity index is 1220. The fourth-order valence-electron chi connectivity index (χ4n) is 3.21. The lowest BCUT2D eigenvalue weighted by atomic mass is 10.0. The Morgan fingerprint density at radius 1 is 0.886 bits per heavy atom. The fourth-order valence-corrected chi connectivity index (χ4v) is 3.21. The van der Waals surface area contributed by atoms with E-state index in [9.17, 15) is 35.9 Å². The number of alkyl halides is 6. The SMILES string of the molecule is CN(C)C(=O)[C@@H](NC(=O)c1nnccc1-c1ccc(C(F)(F)F)cc1)c1cccc(C(F)(F)F)c1. The largest absolute Gasteiger partial charge is 0.416 e. The minimum absolute atomic E-state index is 0.117. The van der Waals surface area contributed by atoms with Gasteiger partial charge in [0.2, 0.25) is 5.91 Å². The van der Waals surface area contributed by atoms with Crippen molar-refractivity contribution in [3.8, 4) is 11.1 Å². The lowest BCUT2D eigenvalue weighted by molar-refractivity contribution is -0.138. The lowest BCUT2D eigenvalue weighted by Crippen LogP contribution is -2.40. The van der Waals surface area contributed by atoms with E-state index in [0.717, 1.165) is 47.4 Å². The van der Waals surface area contributed by atoms with Gasteiger partial charge in [-0.05, 0) is 41.5 Å². The van der Waals surface area contributed by atoms with Crippen LogP contribution in [0.15, 0.2) is 60.8 Å². The van der Waals surface area contributed by atoms with Crippen molar-refractivity contribution in [2.24, 2.45) is 0 Å². The Kier molecular flexibility index (Phi) is 7.13. The maximum atomic E-state index is 13.2. The highest BCUT2D eigenvalue weighted by Gasteiger charge is 2.33. The van der Waals surface area contributed by atoms with Crippen molar-refractivity contribution < 1.29 is 35.9 Å². The van der Waals surface area contributed by atoms with E-state index in [-0.39, 0.29) is 22.4 Å². The molecule has 0 saturated carbocycles. The molecule has 1 heterocycles. The Hall–Kier alpha value is -3.96. The molecular weight excluding hydrogens is 478 g/mol. The molecule has 2 aromatic carbocycles. The number of amides is 2. The molecule has 12 heteroatoms. The molecule has 0 aliphatic carbocycles. The summed E-state index contributed by atoms with van der Waals surface area (Å²) in [7, 11) is 2.73. The van der Waals surface area contributed by atoms with Gasteiger partial charge in [-0.25, -0.2) is 0 Å². The molecule has 184 valence electrons. The number of carbonyl (C=O) groups excluding carboxylic acids is 2. The van der Waals surface area contributed by atoms with Crippen LogP contribution in [0.5, 0.6) is 0 Å². The summed E-state index contributed by atoms with van der Waals surface area (Å²) in [5, 5.41) is 9.74. The van der Waals surface area contributed by atoms with Gasteiger partial charge in [-0.1, -0.05) is 24.3 Å². The number of hydrogen-bond acceptors (Lipinski definition) is 4. The number of nitrogens with zero attached hydrogens (tertiary/aromatic N) is 3. The van der Waals surface area contributed by atoms with Gasteiger partial charge in [0.1, 0.15) is 6.04 Å². The van der Waals surface area contributed by atoms with Crippen LogP contribution in [0.25, 0.3) is 11.1 Å². The third-order valence-corrected chi connectivity index (χ3v) is 4.97. The van der Waals surface area contributed by atoms with E-state index in [1.807, 2.05) is 0 Å².